The van der Waals surface area contributed by atoms with Crippen molar-refractivity contribution in [2.75, 3.05) is 20.7 Å². The fourth-order valence-electron chi connectivity index (χ4n) is 3.90. The van der Waals surface area contributed by atoms with E-state index in [1.807, 2.05) is 71.9 Å². The number of hydrogen-bond acceptors (Lipinski definition) is 5. The number of carbonyl (C=O) groups is 3. The monoisotopic (exact) mass is 487 g/mol. The third kappa shape index (κ3) is 8.49. The third-order valence-electron chi connectivity index (χ3n) is 6.34. The van der Waals surface area contributed by atoms with Crippen molar-refractivity contribution in [2.45, 2.75) is 79.4 Å². The van der Waals surface area contributed by atoms with Gasteiger partial charge in [0.2, 0.25) is 11.8 Å². The molecule has 1 aromatic carbocycles. The number of esters is 1. The van der Waals surface area contributed by atoms with Gasteiger partial charge in [-0.15, -0.1) is 0 Å². The van der Waals surface area contributed by atoms with Crippen molar-refractivity contribution < 1.29 is 19.1 Å². The zero-order valence-corrected chi connectivity index (χ0v) is 23.2. The Kier molecular flexibility index (Phi) is 11.2. The summed E-state index contributed by atoms with van der Waals surface area (Å²) < 4.78 is 5.10. The van der Waals surface area contributed by atoms with Gasteiger partial charge in [0, 0.05) is 12.6 Å². The van der Waals surface area contributed by atoms with Crippen LogP contribution < -0.4 is 10.6 Å². The van der Waals surface area contributed by atoms with Crippen LogP contribution in [0.25, 0.3) is 0 Å². The van der Waals surface area contributed by atoms with Gasteiger partial charge in [0.15, 0.2) is 0 Å². The second-order valence-electron chi connectivity index (χ2n) is 10.8. The quantitative estimate of drug-likeness (QED) is 0.367. The Balaban J connectivity index is 3.23. The average molecular weight is 488 g/mol. The van der Waals surface area contributed by atoms with Crippen LogP contribution in [0, 0.1) is 11.3 Å². The van der Waals surface area contributed by atoms with Crippen LogP contribution in [-0.4, -0.2) is 61.0 Å². The van der Waals surface area contributed by atoms with Crippen molar-refractivity contribution in [3.63, 3.8) is 0 Å². The molecule has 1 rings (SSSR count). The lowest BCUT2D eigenvalue weighted by Crippen LogP contribution is -2.63. The number of rotatable bonds is 11. The maximum atomic E-state index is 13.8. The van der Waals surface area contributed by atoms with E-state index in [9.17, 15) is 14.4 Å². The molecule has 0 bridgehead atoms. The minimum Gasteiger partial charge on any atom is -0.463 e. The first-order valence-corrected chi connectivity index (χ1v) is 12.3. The molecule has 0 saturated heterocycles. The second-order valence-corrected chi connectivity index (χ2v) is 10.8. The largest absolute Gasteiger partial charge is 0.463 e. The molecule has 7 nitrogen and oxygen atoms in total. The molecule has 0 spiro atoms. The van der Waals surface area contributed by atoms with E-state index < -0.39 is 23.0 Å². The van der Waals surface area contributed by atoms with Crippen molar-refractivity contribution in [2.24, 2.45) is 11.3 Å². The summed E-state index contributed by atoms with van der Waals surface area (Å²) in [5.41, 5.74) is 0.0348. The third-order valence-corrected chi connectivity index (χ3v) is 6.34. The van der Waals surface area contributed by atoms with Crippen LogP contribution in [0.2, 0.25) is 0 Å². The predicted octanol–water partition coefficient (Wildman–Crippen LogP) is 3.73. The standard InChI is InChI=1S/C28H45N3O4/c1-11-35-25(33)20(4)17-22(19(2)3)31(10)24(32)23(27(5,6)7)30-26(34)28(8,29-9)18-21-15-13-12-14-16-21/h12-17,19,22-23,29H,11,18H2,1-10H3,(H,30,34)/t22-,23-,28?/m1/s1. The fraction of sp³-hybridized carbons (Fsp3) is 0.607. The molecule has 196 valence electrons. The van der Waals surface area contributed by atoms with E-state index in [-0.39, 0.29) is 30.4 Å². The molecule has 3 atom stereocenters. The van der Waals surface area contributed by atoms with E-state index >= 15 is 0 Å². The Labute approximate surface area is 211 Å². The van der Waals surface area contributed by atoms with E-state index in [1.165, 1.54) is 0 Å². The lowest BCUT2D eigenvalue weighted by atomic mass is 9.83. The number of likely N-dealkylation sites (N-methyl/N-ethyl adjacent to an activating group) is 2. The highest BCUT2D eigenvalue weighted by Crippen LogP contribution is 2.25. The van der Waals surface area contributed by atoms with Crippen LogP contribution in [0.4, 0.5) is 0 Å². The van der Waals surface area contributed by atoms with E-state index in [1.54, 1.807) is 38.9 Å². The fourth-order valence-corrected chi connectivity index (χ4v) is 3.90. The molecule has 35 heavy (non-hydrogen) atoms. The summed E-state index contributed by atoms with van der Waals surface area (Å²) in [6, 6.07) is 8.68. The van der Waals surface area contributed by atoms with Gasteiger partial charge in [-0.25, -0.2) is 4.79 Å². The summed E-state index contributed by atoms with van der Waals surface area (Å²) >= 11 is 0. The molecule has 0 aliphatic carbocycles. The zero-order chi connectivity index (χ0) is 27.0. The minimum absolute atomic E-state index is 0.0466. The SMILES string of the molecule is CCOC(=O)C(C)=C[C@H](C(C)C)N(C)C(=O)[C@@H](NC(=O)C(C)(Cc1ccccc1)NC)C(C)(C)C. The van der Waals surface area contributed by atoms with Crippen molar-refractivity contribution >= 4 is 17.8 Å². The van der Waals surface area contributed by atoms with Crippen molar-refractivity contribution in [1.82, 2.24) is 15.5 Å². The highest BCUT2D eigenvalue weighted by Gasteiger charge is 2.41. The Morgan fingerprint density at radius 3 is 2.11 bits per heavy atom. The van der Waals surface area contributed by atoms with Crippen LogP contribution in [0.15, 0.2) is 42.0 Å². The van der Waals surface area contributed by atoms with Crippen molar-refractivity contribution in [1.29, 1.82) is 0 Å². The van der Waals surface area contributed by atoms with Gasteiger partial charge in [-0.1, -0.05) is 71.0 Å². The van der Waals surface area contributed by atoms with Crippen LogP contribution in [0.1, 0.15) is 61.0 Å². The number of carbonyl (C=O) groups excluding carboxylic acids is 3. The first-order chi connectivity index (χ1) is 16.2. The topological polar surface area (TPSA) is 87.7 Å². The maximum Gasteiger partial charge on any atom is 0.333 e. The van der Waals surface area contributed by atoms with Gasteiger partial charge in [-0.2, -0.15) is 0 Å². The highest BCUT2D eigenvalue weighted by atomic mass is 16.5. The summed E-state index contributed by atoms with van der Waals surface area (Å²) in [6.07, 6.45) is 2.25. The number of ether oxygens (including phenoxy) is 1. The number of nitrogens with zero attached hydrogens (tertiary/aromatic N) is 1. The second kappa shape index (κ2) is 12.9. The molecule has 0 radical (unpaired) electrons. The summed E-state index contributed by atoms with van der Waals surface area (Å²) in [5.74, 6) is -0.809. The van der Waals surface area contributed by atoms with Crippen LogP contribution >= 0.6 is 0 Å². The molecular weight excluding hydrogens is 442 g/mol. The lowest BCUT2D eigenvalue weighted by molar-refractivity contribution is -0.141. The van der Waals surface area contributed by atoms with Gasteiger partial charge in [0.25, 0.3) is 0 Å². The van der Waals surface area contributed by atoms with E-state index in [0.29, 0.717) is 12.0 Å². The Morgan fingerprint density at radius 2 is 1.66 bits per heavy atom. The number of amides is 2. The van der Waals surface area contributed by atoms with Crippen LogP contribution in [0.3, 0.4) is 0 Å². The molecule has 0 aliphatic heterocycles. The van der Waals surface area contributed by atoms with Gasteiger partial charge in [-0.05, 0) is 51.1 Å². The molecule has 0 aliphatic rings. The first-order valence-electron chi connectivity index (χ1n) is 12.3. The minimum atomic E-state index is -0.901. The van der Waals surface area contributed by atoms with Gasteiger partial charge in [-0.3, -0.25) is 9.59 Å². The Hall–Kier alpha value is -2.67. The molecule has 0 aromatic heterocycles. The smallest absolute Gasteiger partial charge is 0.333 e. The Bertz CT molecular complexity index is 889. The van der Waals surface area contributed by atoms with Gasteiger partial charge in [0.1, 0.15) is 6.04 Å². The van der Waals surface area contributed by atoms with Gasteiger partial charge < -0.3 is 20.3 Å². The summed E-state index contributed by atoms with van der Waals surface area (Å²) in [6.45, 7) is 15.4. The molecule has 2 N–H and O–H groups in total. The van der Waals surface area contributed by atoms with Crippen LogP contribution in [0.5, 0.6) is 0 Å². The van der Waals surface area contributed by atoms with Crippen molar-refractivity contribution in [3.05, 3.63) is 47.5 Å². The van der Waals surface area contributed by atoms with E-state index in [0.717, 1.165) is 5.56 Å². The van der Waals surface area contributed by atoms with Crippen molar-refractivity contribution in [3.8, 4) is 0 Å². The molecule has 1 aromatic rings. The molecule has 0 heterocycles. The molecule has 0 saturated carbocycles. The zero-order valence-electron chi connectivity index (χ0n) is 23.2. The highest BCUT2D eigenvalue weighted by molar-refractivity contribution is 5.93. The van der Waals surface area contributed by atoms with Gasteiger partial charge in [0.05, 0.1) is 18.2 Å². The maximum absolute atomic E-state index is 13.8. The summed E-state index contributed by atoms with van der Waals surface area (Å²) in [5, 5.41) is 6.18. The molecular formula is C28H45N3O4. The average Bonchev–Trinajstić information content (AvgIpc) is 2.79. The van der Waals surface area contributed by atoms with E-state index in [4.69, 9.17) is 4.74 Å². The first kappa shape index (κ1) is 30.4. The molecule has 7 heteroatoms. The Morgan fingerprint density at radius 1 is 1.09 bits per heavy atom. The van der Waals surface area contributed by atoms with E-state index in [2.05, 4.69) is 10.6 Å². The van der Waals surface area contributed by atoms with Crippen LogP contribution in [-0.2, 0) is 25.5 Å². The summed E-state index contributed by atoms with van der Waals surface area (Å²) in [4.78, 5) is 41.1. The normalized spacial score (nSPS) is 15.7. The summed E-state index contributed by atoms with van der Waals surface area (Å²) in [7, 11) is 3.47. The molecule has 1 unspecified atom stereocenters. The number of nitrogens with one attached hydrogen (secondary N) is 2. The predicted molar refractivity (Wildman–Crippen MR) is 141 cm³/mol. The lowest BCUT2D eigenvalue weighted by Gasteiger charge is -2.39. The molecule has 2 amide bonds. The number of benzene rings is 1. The number of hydrogen-bond donors (Lipinski definition) is 2. The molecule has 0 fully saturated rings. The van der Waals surface area contributed by atoms with Gasteiger partial charge >= 0.3 is 5.97 Å².